The molecule has 1 heterocycles. The number of hydrogen-bond donors (Lipinski definition) is 1. The number of quaternary nitrogens is 1. The molecule has 0 saturated heterocycles. The first-order valence-electron chi connectivity index (χ1n) is 10.4. The number of fused-ring (bicyclic) bond motifs is 3. The Kier molecular flexibility index (Phi) is 5.44. The quantitative estimate of drug-likeness (QED) is 0.625. The fourth-order valence-electron chi connectivity index (χ4n) is 4.60. The predicted octanol–water partition coefficient (Wildman–Crippen LogP) is 4.99. The van der Waals surface area contributed by atoms with Crippen molar-refractivity contribution < 1.29 is 19.1 Å². The van der Waals surface area contributed by atoms with Crippen molar-refractivity contribution in [3.8, 4) is 28.4 Å². The summed E-state index contributed by atoms with van der Waals surface area (Å²) in [6, 6.07) is 21.1. The number of hydrogen-bond acceptors (Lipinski definition) is 3. The summed E-state index contributed by atoms with van der Waals surface area (Å²) in [5.41, 5.74) is 5.51. The van der Waals surface area contributed by atoms with Crippen molar-refractivity contribution in [2.45, 2.75) is 18.9 Å². The molecule has 0 saturated carbocycles. The van der Waals surface area contributed by atoms with E-state index in [0.717, 1.165) is 46.3 Å². The van der Waals surface area contributed by atoms with Crippen LogP contribution < -0.4 is 9.47 Å². The number of benzene rings is 3. The molecule has 0 radical (unpaired) electrons. The van der Waals surface area contributed by atoms with E-state index in [1.54, 1.807) is 14.2 Å². The number of likely N-dealkylation sites (N-methyl/N-ethyl adjacent to an activating group) is 1. The third-order valence-electron chi connectivity index (χ3n) is 6.43. The van der Waals surface area contributed by atoms with E-state index in [1.165, 1.54) is 11.1 Å². The van der Waals surface area contributed by atoms with Gasteiger partial charge in [-0.1, -0.05) is 42.5 Å². The number of nitrogens with zero attached hydrogens (tertiary/aromatic N) is 1. The summed E-state index contributed by atoms with van der Waals surface area (Å²) in [5.74, 6) is 1.48. The predicted molar refractivity (Wildman–Crippen MR) is 120 cm³/mol. The standard InChI is InChI=1S/C26H29NO3/c1-27(2)15-14-18-10-12-21(29-3)17-22(18)25-20(11-13-24(30-4)26(25)28)16-23(27)19-8-6-5-7-9-19/h5-13,17,23H,14-16H2,1-4H3/p+1. The van der Waals surface area contributed by atoms with E-state index in [1.807, 2.05) is 18.2 Å². The van der Waals surface area contributed by atoms with Gasteiger partial charge in [-0.3, -0.25) is 0 Å². The van der Waals surface area contributed by atoms with Gasteiger partial charge < -0.3 is 19.1 Å². The number of phenols is 1. The van der Waals surface area contributed by atoms with Crippen LogP contribution >= 0.6 is 0 Å². The Labute approximate surface area is 178 Å². The van der Waals surface area contributed by atoms with Crippen LogP contribution in [0.2, 0.25) is 0 Å². The maximum atomic E-state index is 11.2. The zero-order valence-corrected chi connectivity index (χ0v) is 18.2. The van der Waals surface area contributed by atoms with Crippen LogP contribution in [0.1, 0.15) is 22.7 Å². The highest BCUT2D eigenvalue weighted by Gasteiger charge is 2.33. The maximum Gasteiger partial charge on any atom is 0.165 e. The summed E-state index contributed by atoms with van der Waals surface area (Å²) >= 11 is 0. The minimum Gasteiger partial charge on any atom is -0.504 e. The van der Waals surface area contributed by atoms with Crippen molar-refractivity contribution in [2.24, 2.45) is 0 Å². The molecule has 4 rings (SSSR count). The zero-order valence-electron chi connectivity index (χ0n) is 18.2. The fourth-order valence-corrected chi connectivity index (χ4v) is 4.60. The molecule has 1 atom stereocenters. The molecule has 3 aromatic rings. The molecule has 0 amide bonds. The highest BCUT2D eigenvalue weighted by atomic mass is 16.5. The number of ether oxygens (including phenoxy) is 2. The second-order valence-corrected chi connectivity index (χ2v) is 8.56. The summed E-state index contributed by atoms with van der Waals surface area (Å²) in [6.45, 7) is 0.991. The van der Waals surface area contributed by atoms with Gasteiger partial charge in [-0.25, -0.2) is 0 Å². The minimum atomic E-state index is 0.198. The Morgan fingerprint density at radius 3 is 2.33 bits per heavy atom. The van der Waals surface area contributed by atoms with E-state index in [2.05, 4.69) is 56.6 Å². The average Bonchev–Trinajstić information content (AvgIpc) is 2.80. The van der Waals surface area contributed by atoms with Crippen molar-refractivity contribution in [1.82, 2.24) is 0 Å². The van der Waals surface area contributed by atoms with Crippen molar-refractivity contribution in [2.75, 3.05) is 34.9 Å². The van der Waals surface area contributed by atoms with Gasteiger partial charge in [0.05, 0.1) is 34.9 Å². The molecule has 1 aliphatic rings. The van der Waals surface area contributed by atoms with Crippen molar-refractivity contribution in [3.05, 3.63) is 77.4 Å². The Hall–Kier alpha value is -2.98. The van der Waals surface area contributed by atoms with E-state index in [9.17, 15) is 5.11 Å². The SMILES string of the molecule is COc1ccc2c(c1)-c1c(ccc(OC)c1O)CC(c1ccccc1)[N+](C)(C)CC2. The highest BCUT2D eigenvalue weighted by Crippen LogP contribution is 2.45. The molecule has 0 aliphatic carbocycles. The number of aromatic hydroxyl groups is 1. The zero-order chi connectivity index (χ0) is 21.3. The number of rotatable bonds is 3. The van der Waals surface area contributed by atoms with E-state index in [0.29, 0.717) is 5.75 Å². The molecule has 4 heteroatoms. The first-order valence-corrected chi connectivity index (χ1v) is 10.4. The van der Waals surface area contributed by atoms with Gasteiger partial charge in [0, 0.05) is 24.0 Å². The van der Waals surface area contributed by atoms with Crippen LogP contribution in [0.5, 0.6) is 17.2 Å². The number of phenolic OH excluding ortho intramolecular Hbond substituents is 1. The summed E-state index contributed by atoms with van der Waals surface area (Å²) in [7, 11) is 7.87. The molecule has 156 valence electrons. The summed E-state index contributed by atoms with van der Waals surface area (Å²) < 4.78 is 11.8. The minimum absolute atomic E-state index is 0.198. The lowest BCUT2D eigenvalue weighted by Gasteiger charge is -2.38. The van der Waals surface area contributed by atoms with Crippen LogP contribution in [0, 0.1) is 0 Å². The average molecular weight is 405 g/mol. The van der Waals surface area contributed by atoms with Crippen molar-refractivity contribution in [3.63, 3.8) is 0 Å². The van der Waals surface area contributed by atoms with Gasteiger partial charge in [-0.05, 0) is 34.9 Å². The Balaban J connectivity index is 1.97. The third kappa shape index (κ3) is 3.63. The second-order valence-electron chi connectivity index (χ2n) is 8.56. The van der Waals surface area contributed by atoms with Gasteiger partial charge in [0.15, 0.2) is 11.5 Å². The molecule has 0 bridgehead atoms. The first kappa shape index (κ1) is 20.3. The van der Waals surface area contributed by atoms with E-state index in [4.69, 9.17) is 9.47 Å². The Morgan fingerprint density at radius 2 is 1.63 bits per heavy atom. The molecule has 0 fully saturated rings. The molecule has 1 aliphatic heterocycles. The van der Waals surface area contributed by atoms with Crippen LogP contribution in [0.25, 0.3) is 11.1 Å². The van der Waals surface area contributed by atoms with E-state index < -0.39 is 0 Å². The molecule has 1 N–H and O–H groups in total. The van der Waals surface area contributed by atoms with Gasteiger partial charge >= 0.3 is 0 Å². The van der Waals surface area contributed by atoms with Gasteiger partial charge in [-0.15, -0.1) is 0 Å². The van der Waals surface area contributed by atoms with Gasteiger partial charge in [0.2, 0.25) is 0 Å². The second kappa shape index (κ2) is 8.04. The van der Waals surface area contributed by atoms with Gasteiger partial charge in [0.1, 0.15) is 11.8 Å². The smallest absolute Gasteiger partial charge is 0.165 e. The largest absolute Gasteiger partial charge is 0.504 e. The summed E-state index contributed by atoms with van der Waals surface area (Å²) in [5, 5.41) is 11.2. The van der Waals surface area contributed by atoms with Crippen molar-refractivity contribution in [1.29, 1.82) is 0 Å². The lowest BCUT2D eigenvalue weighted by Crippen LogP contribution is -2.45. The maximum absolute atomic E-state index is 11.2. The molecular weight excluding hydrogens is 374 g/mol. The molecule has 30 heavy (non-hydrogen) atoms. The lowest BCUT2D eigenvalue weighted by atomic mass is 9.89. The highest BCUT2D eigenvalue weighted by molar-refractivity contribution is 5.80. The lowest BCUT2D eigenvalue weighted by molar-refractivity contribution is -0.920. The summed E-state index contributed by atoms with van der Waals surface area (Å²) in [6.07, 6.45) is 1.73. The molecule has 0 spiro atoms. The van der Waals surface area contributed by atoms with Crippen LogP contribution in [0.3, 0.4) is 0 Å². The van der Waals surface area contributed by atoms with Gasteiger partial charge in [0.25, 0.3) is 0 Å². The van der Waals surface area contributed by atoms with E-state index >= 15 is 0 Å². The van der Waals surface area contributed by atoms with Crippen molar-refractivity contribution >= 4 is 0 Å². The summed E-state index contributed by atoms with van der Waals surface area (Å²) in [4.78, 5) is 0. The molecule has 0 aromatic heterocycles. The number of methoxy groups -OCH3 is 2. The van der Waals surface area contributed by atoms with Gasteiger partial charge in [-0.2, -0.15) is 0 Å². The van der Waals surface area contributed by atoms with E-state index in [-0.39, 0.29) is 11.8 Å². The van der Waals surface area contributed by atoms with Crippen LogP contribution in [-0.2, 0) is 12.8 Å². The molecular formula is C26H30NO3+. The monoisotopic (exact) mass is 404 g/mol. The first-order chi connectivity index (χ1) is 14.4. The normalized spacial score (nSPS) is 17.7. The molecule has 4 nitrogen and oxygen atoms in total. The third-order valence-corrected chi connectivity index (χ3v) is 6.43. The van der Waals surface area contributed by atoms with Crippen LogP contribution in [0.15, 0.2) is 60.7 Å². The topological polar surface area (TPSA) is 38.7 Å². The van der Waals surface area contributed by atoms with Crippen LogP contribution in [-0.4, -0.2) is 44.4 Å². The Morgan fingerprint density at radius 1 is 0.900 bits per heavy atom. The van der Waals surface area contributed by atoms with Crippen LogP contribution in [0.4, 0.5) is 0 Å². The molecule has 3 aromatic carbocycles. The Bertz CT molecular complexity index is 1040. The fraction of sp³-hybridized carbons (Fsp3) is 0.308. The molecule has 1 unspecified atom stereocenters.